The number of hydrogen-bond donors (Lipinski definition) is 1. The van der Waals surface area contributed by atoms with Gasteiger partial charge in [0.15, 0.2) is 0 Å². The van der Waals surface area contributed by atoms with E-state index in [1.807, 2.05) is 30.3 Å². The molecule has 2 aromatic carbocycles. The van der Waals surface area contributed by atoms with Crippen molar-refractivity contribution < 1.29 is 9.26 Å². The molecule has 2 N–H and O–H groups in total. The zero-order valence-electron chi connectivity index (χ0n) is 10.9. The van der Waals surface area contributed by atoms with Gasteiger partial charge in [0.2, 0.25) is 5.82 Å². The molecular formula is C15H13N3O2. The van der Waals surface area contributed by atoms with Crippen molar-refractivity contribution in [3.05, 3.63) is 48.5 Å². The molecule has 0 saturated heterocycles. The van der Waals surface area contributed by atoms with Crippen molar-refractivity contribution in [2.75, 3.05) is 12.8 Å². The van der Waals surface area contributed by atoms with Crippen molar-refractivity contribution in [1.82, 2.24) is 10.1 Å². The fourth-order valence-electron chi connectivity index (χ4n) is 1.92. The zero-order valence-corrected chi connectivity index (χ0v) is 10.9. The molecular weight excluding hydrogens is 254 g/mol. The van der Waals surface area contributed by atoms with Gasteiger partial charge in [-0.25, -0.2) is 0 Å². The number of methoxy groups -OCH3 is 1. The number of benzene rings is 2. The number of nitrogens with two attached hydrogens (primary N) is 1. The molecule has 5 heteroatoms. The van der Waals surface area contributed by atoms with Gasteiger partial charge in [-0.3, -0.25) is 0 Å². The largest absolute Gasteiger partial charge is 0.496 e. The highest BCUT2D eigenvalue weighted by Crippen LogP contribution is 2.31. The summed E-state index contributed by atoms with van der Waals surface area (Å²) in [5.74, 6) is 1.55. The van der Waals surface area contributed by atoms with Crippen LogP contribution in [0.25, 0.3) is 22.8 Å². The van der Waals surface area contributed by atoms with Crippen molar-refractivity contribution in [3.63, 3.8) is 0 Å². The Morgan fingerprint density at radius 2 is 1.90 bits per heavy atom. The monoisotopic (exact) mass is 267 g/mol. The molecule has 0 spiro atoms. The first-order valence-corrected chi connectivity index (χ1v) is 6.11. The molecule has 0 radical (unpaired) electrons. The highest BCUT2D eigenvalue weighted by molar-refractivity contribution is 5.68. The lowest BCUT2D eigenvalue weighted by Gasteiger charge is -2.05. The first-order chi connectivity index (χ1) is 9.78. The third-order valence-corrected chi connectivity index (χ3v) is 2.91. The van der Waals surface area contributed by atoms with Crippen LogP contribution in [0.3, 0.4) is 0 Å². The van der Waals surface area contributed by atoms with E-state index in [1.165, 1.54) is 0 Å². The van der Waals surface area contributed by atoms with Gasteiger partial charge >= 0.3 is 0 Å². The first-order valence-electron chi connectivity index (χ1n) is 6.11. The summed E-state index contributed by atoms with van der Waals surface area (Å²) in [4.78, 5) is 4.39. The van der Waals surface area contributed by atoms with E-state index in [0.717, 1.165) is 11.1 Å². The highest BCUT2D eigenvalue weighted by Gasteiger charge is 2.14. The Labute approximate surface area is 116 Å². The van der Waals surface area contributed by atoms with Crippen LogP contribution in [0.1, 0.15) is 0 Å². The van der Waals surface area contributed by atoms with Crippen molar-refractivity contribution in [3.8, 4) is 28.6 Å². The minimum Gasteiger partial charge on any atom is -0.496 e. The van der Waals surface area contributed by atoms with Crippen LogP contribution in [-0.4, -0.2) is 17.3 Å². The molecule has 0 fully saturated rings. The molecule has 0 bridgehead atoms. The standard InChI is InChI=1S/C15H13N3O2/c1-19-13-9-11(16)7-8-12(13)15-17-14(18-20-15)10-5-3-2-4-6-10/h2-9H,16H2,1H3. The third-order valence-electron chi connectivity index (χ3n) is 2.91. The second kappa shape index (κ2) is 5.05. The van der Waals surface area contributed by atoms with Gasteiger partial charge in [-0.1, -0.05) is 35.5 Å². The maximum absolute atomic E-state index is 5.73. The van der Waals surface area contributed by atoms with Crippen LogP contribution in [0.15, 0.2) is 53.1 Å². The van der Waals surface area contributed by atoms with E-state index in [1.54, 1.807) is 25.3 Å². The summed E-state index contributed by atoms with van der Waals surface area (Å²) >= 11 is 0. The number of aromatic nitrogens is 2. The Balaban J connectivity index is 2.02. The smallest absolute Gasteiger partial charge is 0.262 e. The van der Waals surface area contributed by atoms with E-state index in [-0.39, 0.29) is 0 Å². The lowest BCUT2D eigenvalue weighted by atomic mass is 10.1. The number of ether oxygens (including phenoxy) is 1. The van der Waals surface area contributed by atoms with Crippen LogP contribution >= 0.6 is 0 Å². The predicted octanol–water partition coefficient (Wildman–Crippen LogP) is 2.99. The average molecular weight is 267 g/mol. The molecule has 3 rings (SSSR count). The number of nitrogen functional groups attached to an aromatic ring is 1. The Bertz CT molecular complexity index is 723. The summed E-state index contributed by atoms with van der Waals surface area (Å²) in [5.41, 5.74) is 7.97. The van der Waals surface area contributed by atoms with E-state index >= 15 is 0 Å². The fraction of sp³-hybridized carbons (Fsp3) is 0.0667. The summed E-state index contributed by atoms with van der Waals surface area (Å²) in [6.07, 6.45) is 0. The van der Waals surface area contributed by atoms with Gasteiger partial charge in [0.1, 0.15) is 5.75 Å². The van der Waals surface area contributed by atoms with Gasteiger partial charge in [0, 0.05) is 17.3 Å². The van der Waals surface area contributed by atoms with Crippen LogP contribution in [0.4, 0.5) is 5.69 Å². The maximum atomic E-state index is 5.73. The Kier molecular flexibility index (Phi) is 3.09. The summed E-state index contributed by atoms with van der Waals surface area (Å²) in [5, 5.41) is 3.99. The predicted molar refractivity (Wildman–Crippen MR) is 76.1 cm³/mol. The second-order valence-electron chi connectivity index (χ2n) is 4.25. The van der Waals surface area contributed by atoms with Gasteiger partial charge in [-0.2, -0.15) is 4.98 Å². The maximum Gasteiger partial charge on any atom is 0.262 e. The summed E-state index contributed by atoms with van der Waals surface area (Å²) < 4.78 is 10.6. The molecule has 20 heavy (non-hydrogen) atoms. The molecule has 1 aromatic heterocycles. The topological polar surface area (TPSA) is 74.2 Å². The van der Waals surface area contributed by atoms with E-state index < -0.39 is 0 Å². The normalized spacial score (nSPS) is 10.4. The molecule has 0 unspecified atom stereocenters. The van der Waals surface area contributed by atoms with Gasteiger partial charge in [0.25, 0.3) is 5.89 Å². The van der Waals surface area contributed by atoms with Gasteiger partial charge in [-0.15, -0.1) is 0 Å². The van der Waals surface area contributed by atoms with Crippen LogP contribution in [-0.2, 0) is 0 Å². The molecule has 0 aliphatic carbocycles. The Hall–Kier alpha value is -2.82. The number of hydrogen-bond acceptors (Lipinski definition) is 5. The van der Waals surface area contributed by atoms with Crippen LogP contribution in [0.5, 0.6) is 5.75 Å². The molecule has 0 saturated carbocycles. The number of nitrogens with zero attached hydrogens (tertiary/aromatic N) is 2. The van der Waals surface area contributed by atoms with Crippen LogP contribution in [0.2, 0.25) is 0 Å². The Morgan fingerprint density at radius 1 is 1.10 bits per heavy atom. The van der Waals surface area contributed by atoms with Crippen molar-refractivity contribution >= 4 is 5.69 Å². The number of anilines is 1. The van der Waals surface area contributed by atoms with Gasteiger partial charge in [-0.05, 0) is 12.1 Å². The van der Waals surface area contributed by atoms with E-state index in [9.17, 15) is 0 Å². The fourth-order valence-corrected chi connectivity index (χ4v) is 1.92. The van der Waals surface area contributed by atoms with Gasteiger partial charge < -0.3 is 15.0 Å². The first kappa shape index (κ1) is 12.2. The second-order valence-corrected chi connectivity index (χ2v) is 4.25. The van der Waals surface area contributed by atoms with E-state index in [2.05, 4.69) is 10.1 Å². The van der Waals surface area contributed by atoms with Crippen LogP contribution < -0.4 is 10.5 Å². The summed E-state index contributed by atoms with van der Waals surface area (Å²) in [6, 6.07) is 14.9. The SMILES string of the molecule is COc1cc(N)ccc1-c1nc(-c2ccccc2)no1. The lowest BCUT2D eigenvalue weighted by Crippen LogP contribution is -1.91. The molecule has 0 amide bonds. The molecule has 100 valence electrons. The molecule has 0 aliphatic rings. The molecule has 0 aliphatic heterocycles. The minimum absolute atomic E-state index is 0.403. The van der Waals surface area contributed by atoms with Crippen molar-refractivity contribution in [2.45, 2.75) is 0 Å². The van der Waals surface area contributed by atoms with E-state index in [4.69, 9.17) is 15.0 Å². The zero-order chi connectivity index (χ0) is 13.9. The third kappa shape index (κ3) is 2.21. The van der Waals surface area contributed by atoms with Crippen LogP contribution in [0, 0.1) is 0 Å². The van der Waals surface area contributed by atoms with E-state index in [0.29, 0.717) is 23.2 Å². The minimum atomic E-state index is 0.403. The quantitative estimate of drug-likeness (QED) is 0.738. The summed E-state index contributed by atoms with van der Waals surface area (Å²) in [6.45, 7) is 0. The molecule has 5 nitrogen and oxygen atoms in total. The lowest BCUT2D eigenvalue weighted by molar-refractivity contribution is 0.405. The highest BCUT2D eigenvalue weighted by atomic mass is 16.5. The molecule has 1 heterocycles. The molecule has 0 atom stereocenters. The molecule has 3 aromatic rings. The van der Waals surface area contributed by atoms with Crippen molar-refractivity contribution in [1.29, 1.82) is 0 Å². The average Bonchev–Trinajstić information content (AvgIpc) is 2.97. The Morgan fingerprint density at radius 3 is 2.65 bits per heavy atom. The summed E-state index contributed by atoms with van der Waals surface area (Å²) in [7, 11) is 1.58. The van der Waals surface area contributed by atoms with Gasteiger partial charge in [0.05, 0.1) is 12.7 Å². The van der Waals surface area contributed by atoms with Crippen molar-refractivity contribution in [2.24, 2.45) is 0 Å². The number of rotatable bonds is 3.